The second kappa shape index (κ2) is 5.82. The first-order valence-corrected chi connectivity index (χ1v) is 5.08. The second-order valence-corrected chi connectivity index (χ2v) is 3.77. The SMILES string of the molecule is CN(C)CCNCCN1CCNC1=O. The van der Waals surface area contributed by atoms with Gasteiger partial charge in [-0.15, -0.1) is 0 Å². The highest BCUT2D eigenvalue weighted by Crippen LogP contribution is 1.93. The Bertz CT molecular complexity index is 184. The number of nitrogens with one attached hydrogen (secondary N) is 2. The molecule has 1 fully saturated rings. The van der Waals surface area contributed by atoms with Crippen molar-refractivity contribution in [3.8, 4) is 0 Å². The second-order valence-electron chi connectivity index (χ2n) is 3.77. The molecule has 5 nitrogen and oxygen atoms in total. The standard InChI is InChI=1S/C9H20N4O/c1-12(2)6-3-10-4-7-13-8-5-11-9(13)14/h10H,3-8H2,1-2H3,(H,11,14). The molecule has 0 aromatic carbocycles. The largest absolute Gasteiger partial charge is 0.336 e. The molecule has 0 bridgehead atoms. The Morgan fingerprint density at radius 1 is 1.50 bits per heavy atom. The minimum Gasteiger partial charge on any atom is -0.336 e. The molecule has 1 saturated heterocycles. The van der Waals surface area contributed by atoms with Crippen LogP contribution in [-0.4, -0.2) is 69.2 Å². The maximum Gasteiger partial charge on any atom is 0.317 e. The van der Waals surface area contributed by atoms with E-state index in [9.17, 15) is 4.79 Å². The first-order valence-electron chi connectivity index (χ1n) is 5.08. The van der Waals surface area contributed by atoms with E-state index in [1.54, 1.807) is 0 Å². The van der Waals surface area contributed by atoms with Crippen molar-refractivity contribution in [3.63, 3.8) is 0 Å². The summed E-state index contributed by atoms with van der Waals surface area (Å²) in [4.78, 5) is 15.1. The molecule has 5 heteroatoms. The van der Waals surface area contributed by atoms with Gasteiger partial charge in [0.25, 0.3) is 0 Å². The summed E-state index contributed by atoms with van der Waals surface area (Å²) in [6.45, 7) is 5.32. The third-order valence-corrected chi connectivity index (χ3v) is 2.24. The quantitative estimate of drug-likeness (QED) is 0.550. The topological polar surface area (TPSA) is 47.6 Å². The molecule has 0 aromatic rings. The van der Waals surface area contributed by atoms with Gasteiger partial charge in [-0.05, 0) is 14.1 Å². The Morgan fingerprint density at radius 2 is 2.29 bits per heavy atom. The number of nitrogens with zero attached hydrogens (tertiary/aromatic N) is 2. The van der Waals surface area contributed by atoms with Gasteiger partial charge >= 0.3 is 6.03 Å². The monoisotopic (exact) mass is 200 g/mol. The zero-order valence-electron chi connectivity index (χ0n) is 9.05. The molecule has 0 aromatic heterocycles. The summed E-state index contributed by atoms with van der Waals surface area (Å²) in [6.07, 6.45) is 0. The van der Waals surface area contributed by atoms with Gasteiger partial charge < -0.3 is 20.4 Å². The molecule has 14 heavy (non-hydrogen) atoms. The molecule has 0 spiro atoms. The molecule has 0 unspecified atom stereocenters. The number of carbonyl (C=O) groups is 1. The predicted molar refractivity (Wildman–Crippen MR) is 56.4 cm³/mol. The van der Waals surface area contributed by atoms with Crippen LogP contribution in [0.3, 0.4) is 0 Å². The first-order chi connectivity index (χ1) is 6.70. The van der Waals surface area contributed by atoms with Gasteiger partial charge in [0.05, 0.1) is 0 Å². The third-order valence-electron chi connectivity index (χ3n) is 2.24. The van der Waals surface area contributed by atoms with Crippen LogP contribution in [0, 0.1) is 0 Å². The Morgan fingerprint density at radius 3 is 2.86 bits per heavy atom. The molecule has 0 atom stereocenters. The highest BCUT2D eigenvalue weighted by atomic mass is 16.2. The highest BCUT2D eigenvalue weighted by Gasteiger charge is 2.17. The van der Waals surface area contributed by atoms with Gasteiger partial charge in [-0.2, -0.15) is 0 Å². The molecule has 0 saturated carbocycles. The number of hydrogen-bond acceptors (Lipinski definition) is 3. The van der Waals surface area contributed by atoms with E-state index in [0.29, 0.717) is 0 Å². The minimum atomic E-state index is 0.0689. The van der Waals surface area contributed by atoms with Crippen molar-refractivity contribution in [2.45, 2.75) is 0 Å². The van der Waals surface area contributed by atoms with Crippen LogP contribution in [0.2, 0.25) is 0 Å². The smallest absolute Gasteiger partial charge is 0.317 e. The van der Waals surface area contributed by atoms with Gasteiger partial charge in [-0.3, -0.25) is 0 Å². The molecule has 1 aliphatic rings. The summed E-state index contributed by atoms with van der Waals surface area (Å²) in [5.74, 6) is 0. The number of carbonyl (C=O) groups excluding carboxylic acids is 1. The lowest BCUT2D eigenvalue weighted by Crippen LogP contribution is -2.36. The molecular formula is C9H20N4O. The Hall–Kier alpha value is -0.810. The van der Waals surface area contributed by atoms with Gasteiger partial charge in [-0.1, -0.05) is 0 Å². The van der Waals surface area contributed by atoms with E-state index >= 15 is 0 Å². The van der Waals surface area contributed by atoms with E-state index in [0.717, 1.165) is 39.3 Å². The van der Waals surface area contributed by atoms with E-state index in [-0.39, 0.29) is 6.03 Å². The minimum absolute atomic E-state index is 0.0689. The Labute approximate surface area is 85.4 Å². The van der Waals surface area contributed by atoms with Crippen molar-refractivity contribution in [2.24, 2.45) is 0 Å². The molecule has 2 N–H and O–H groups in total. The van der Waals surface area contributed by atoms with Crippen LogP contribution in [0.1, 0.15) is 0 Å². The molecule has 1 rings (SSSR count). The van der Waals surface area contributed by atoms with Crippen molar-refractivity contribution in [1.82, 2.24) is 20.4 Å². The fraction of sp³-hybridized carbons (Fsp3) is 0.889. The molecule has 0 aliphatic carbocycles. The number of urea groups is 1. The average Bonchev–Trinajstić information content (AvgIpc) is 2.51. The van der Waals surface area contributed by atoms with E-state index < -0.39 is 0 Å². The molecule has 82 valence electrons. The van der Waals surface area contributed by atoms with Crippen LogP contribution in [0.5, 0.6) is 0 Å². The Balaban J connectivity index is 1.96. The predicted octanol–water partition coefficient (Wildman–Crippen LogP) is -0.837. The third kappa shape index (κ3) is 3.93. The van der Waals surface area contributed by atoms with Crippen molar-refractivity contribution >= 4 is 6.03 Å². The van der Waals surface area contributed by atoms with Crippen LogP contribution >= 0.6 is 0 Å². The lowest BCUT2D eigenvalue weighted by molar-refractivity contribution is 0.217. The van der Waals surface area contributed by atoms with Gasteiger partial charge in [0, 0.05) is 39.3 Å². The van der Waals surface area contributed by atoms with E-state index in [4.69, 9.17) is 0 Å². The summed E-state index contributed by atoms with van der Waals surface area (Å²) >= 11 is 0. The van der Waals surface area contributed by atoms with Crippen molar-refractivity contribution in [3.05, 3.63) is 0 Å². The number of rotatable bonds is 6. The van der Waals surface area contributed by atoms with Gasteiger partial charge in [-0.25, -0.2) is 4.79 Å². The number of hydrogen-bond donors (Lipinski definition) is 2. The summed E-state index contributed by atoms with van der Waals surface area (Å²) in [5.41, 5.74) is 0. The van der Waals surface area contributed by atoms with E-state index in [2.05, 4.69) is 29.6 Å². The van der Waals surface area contributed by atoms with E-state index in [1.807, 2.05) is 4.90 Å². The van der Waals surface area contributed by atoms with Gasteiger partial charge in [0.15, 0.2) is 0 Å². The highest BCUT2D eigenvalue weighted by molar-refractivity contribution is 5.76. The maximum atomic E-state index is 11.1. The van der Waals surface area contributed by atoms with Crippen LogP contribution in [0.4, 0.5) is 4.79 Å². The summed E-state index contributed by atoms with van der Waals surface area (Å²) in [5, 5.41) is 6.08. The lowest BCUT2D eigenvalue weighted by atomic mass is 10.5. The van der Waals surface area contributed by atoms with Crippen LogP contribution in [0.25, 0.3) is 0 Å². The molecule has 1 aliphatic heterocycles. The first kappa shape index (κ1) is 11.3. The van der Waals surface area contributed by atoms with E-state index in [1.165, 1.54) is 0 Å². The van der Waals surface area contributed by atoms with Crippen molar-refractivity contribution in [1.29, 1.82) is 0 Å². The zero-order chi connectivity index (χ0) is 10.4. The fourth-order valence-corrected chi connectivity index (χ4v) is 1.37. The normalized spacial score (nSPS) is 16.5. The maximum absolute atomic E-state index is 11.1. The molecule has 1 heterocycles. The fourth-order valence-electron chi connectivity index (χ4n) is 1.37. The molecule has 0 radical (unpaired) electrons. The zero-order valence-corrected chi connectivity index (χ0v) is 9.05. The van der Waals surface area contributed by atoms with Crippen LogP contribution in [0.15, 0.2) is 0 Å². The summed E-state index contributed by atoms with van der Waals surface area (Å²) in [7, 11) is 4.10. The number of likely N-dealkylation sites (N-methyl/N-ethyl adjacent to an activating group) is 1. The number of amides is 2. The van der Waals surface area contributed by atoms with Crippen molar-refractivity contribution < 1.29 is 4.79 Å². The summed E-state index contributed by atoms with van der Waals surface area (Å²) in [6, 6.07) is 0.0689. The van der Waals surface area contributed by atoms with Crippen molar-refractivity contribution in [2.75, 3.05) is 53.4 Å². The van der Waals surface area contributed by atoms with Gasteiger partial charge in [0.2, 0.25) is 0 Å². The summed E-state index contributed by atoms with van der Waals surface area (Å²) < 4.78 is 0. The van der Waals surface area contributed by atoms with Crippen LogP contribution in [-0.2, 0) is 0 Å². The van der Waals surface area contributed by atoms with Gasteiger partial charge in [0.1, 0.15) is 0 Å². The molecule has 2 amide bonds. The van der Waals surface area contributed by atoms with Crippen LogP contribution < -0.4 is 10.6 Å². The molecular weight excluding hydrogens is 180 g/mol. The Kier molecular flexibility index (Phi) is 4.69. The lowest BCUT2D eigenvalue weighted by Gasteiger charge is -2.15. The average molecular weight is 200 g/mol.